The Hall–Kier alpha value is -1.31. The predicted octanol–water partition coefficient (Wildman–Crippen LogP) is 1.87. The number of rotatable bonds is 2. The van der Waals surface area contributed by atoms with E-state index in [1.54, 1.807) is 6.20 Å². The molecule has 17 heavy (non-hydrogen) atoms. The highest BCUT2D eigenvalue weighted by Crippen LogP contribution is 2.39. The number of hydrogen-bond donors (Lipinski definition) is 0. The van der Waals surface area contributed by atoms with E-state index in [2.05, 4.69) is 10.8 Å². The third-order valence-corrected chi connectivity index (χ3v) is 3.42. The minimum absolute atomic E-state index is 0.429. The molecule has 0 bridgehead atoms. The fourth-order valence-electron chi connectivity index (χ4n) is 1.97. The number of aromatic nitrogens is 1. The van der Waals surface area contributed by atoms with E-state index in [0.29, 0.717) is 6.42 Å². The van der Waals surface area contributed by atoms with E-state index in [1.807, 2.05) is 39.0 Å². The first-order valence-corrected chi connectivity index (χ1v) is 5.68. The maximum Gasteiger partial charge on any atom is 0.550 e. The normalized spacial score (nSPS) is 26.8. The molecule has 2 rings (SSSR count). The molecule has 4 heteroatoms. The van der Waals surface area contributed by atoms with Crippen molar-refractivity contribution in [3.63, 3.8) is 0 Å². The van der Waals surface area contributed by atoms with Crippen LogP contribution in [0.2, 0.25) is 0 Å². The monoisotopic (exact) mass is 229 g/mol. The Labute approximate surface area is 103 Å². The van der Waals surface area contributed by atoms with Gasteiger partial charge in [0.05, 0.1) is 11.2 Å². The summed E-state index contributed by atoms with van der Waals surface area (Å²) in [5, 5.41) is 0. The van der Waals surface area contributed by atoms with Gasteiger partial charge < -0.3 is 9.31 Å². The molecule has 2 heterocycles. The highest BCUT2D eigenvalue weighted by atomic mass is 16.7. The number of terminal acetylenes is 1. The summed E-state index contributed by atoms with van der Waals surface area (Å²) < 4.78 is 11.5. The number of hydrogen-bond acceptors (Lipinski definition) is 3. The van der Waals surface area contributed by atoms with E-state index >= 15 is 0 Å². The fraction of sp³-hybridized carbons (Fsp3) is 0.462. The van der Waals surface area contributed by atoms with E-state index in [-0.39, 0.29) is 0 Å². The van der Waals surface area contributed by atoms with Crippen LogP contribution in [0.15, 0.2) is 24.4 Å². The second-order valence-corrected chi connectivity index (χ2v) is 4.97. The van der Waals surface area contributed by atoms with Crippen molar-refractivity contribution in [2.24, 2.45) is 0 Å². The summed E-state index contributed by atoms with van der Waals surface area (Å²) in [6, 6.07) is 5.84. The summed E-state index contributed by atoms with van der Waals surface area (Å²) in [6.07, 6.45) is 7.81. The molecule has 1 aromatic heterocycles. The van der Waals surface area contributed by atoms with Gasteiger partial charge in [-0.05, 0) is 32.9 Å². The zero-order chi connectivity index (χ0) is 12.5. The van der Waals surface area contributed by atoms with Crippen LogP contribution in [0.3, 0.4) is 0 Å². The van der Waals surface area contributed by atoms with Crippen LogP contribution in [0.5, 0.6) is 0 Å². The molecule has 0 radical (unpaired) electrons. The maximum absolute atomic E-state index is 5.82. The van der Waals surface area contributed by atoms with Crippen molar-refractivity contribution in [2.45, 2.75) is 38.4 Å². The van der Waals surface area contributed by atoms with Crippen LogP contribution < -0.4 is 0 Å². The Morgan fingerprint density at radius 2 is 2.12 bits per heavy atom. The zero-order valence-corrected chi connectivity index (χ0v) is 10.4. The molecule has 1 unspecified atom stereocenters. The van der Waals surface area contributed by atoms with Crippen molar-refractivity contribution >= 4 is 7.12 Å². The zero-order valence-electron chi connectivity index (χ0n) is 10.4. The fourth-order valence-corrected chi connectivity index (χ4v) is 1.97. The lowest BCUT2D eigenvalue weighted by Crippen LogP contribution is -2.46. The summed E-state index contributed by atoms with van der Waals surface area (Å²) in [6.45, 7) is 6.00. The first-order valence-electron chi connectivity index (χ1n) is 5.68. The second kappa shape index (κ2) is 4.17. The molecule has 1 aromatic rings. The highest BCUT2D eigenvalue weighted by molar-refractivity contribution is 6.55. The summed E-state index contributed by atoms with van der Waals surface area (Å²) in [7, 11) is -0.571. The molecule has 1 atom stereocenters. The lowest BCUT2D eigenvalue weighted by atomic mass is 9.84. The lowest BCUT2D eigenvalue weighted by Gasteiger charge is -2.36. The van der Waals surface area contributed by atoms with Gasteiger partial charge >= 0.3 is 7.12 Å². The topological polar surface area (TPSA) is 31.4 Å². The van der Waals surface area contributed by atoms with Gasteiger partial charge in [0.25, 0.3) is 0 Å². The molecular weight excluding hydrogens is 213 g/mol. The van der Waals surface area contributed by atoms with Gasteiger partial charge in [0.1, 0.15) is 0 Å². The molecule has 0 aromatic carbocycles. The van der Waals surface area contributed by atoms with Crippen LogP contribution in [-0.4, -0.2) is 23.3 Å². The Kier molecular flexibility index (Phi) is 2.99. The minimum atomic E-state index is -0.571. The first-order chi connectivity index (χ1) is 7.97. The molecular formula is C13H16BNO2. The van der Waals surface area contributed by atoms with Crippen LogP contribution in [0.1, 0.15) is 26.5 Å². The Balaban J connectivity index is 2.22. The largest absolute Gasteiger partial charge is 0.550 e. The van der Waals surface area contributed by atoms with Crippen LogP contribution in [0.25, 0.3) is 0 Å². The molecule has 88 valence electrons. The van der Waals surface area contributed by atoms with Crippen LogP contribution in [0.4, 0.5) is 0 Å². The van der Waals surface area contributed by atoms with Gasteiger partial charge in [0.15, 0.2) is 0 Å². The van der Waals surface area contributed by atoms with Gasteiger partial charge in [-0.3, -0.25) is 4.98 Å². The Morgan fingerprint density at radius 1 is 1.35 bits per heavy atom. The van der Waals surface area contributed by atoms with Crippen molar-refractivity contribution in [1.82, 2.24) is 4.98 Å². The molecule has 0 saturated carbocycles. The standard InChI is InChI=1S/C13H16BNO2/c1-5-14-16-12(2,3)13(4,17-14)10-11-8-6-7-9-15-11/h1,6-9H,10H2,2-4H3. The molecule has 3 nitrogen and oxygen atoms in total. The van der Waals surface area contributed by atoms with Gasteiger partial charge in [-0.25, -0.2) is 0 Å². The van der Waals surface area contributed by atoms with Crippen molar-refractivity contribution in [2.75, 3.05) is 0 Å². The molecule has 1 aliphatic heterocycles. The van der Waals surface area contributed by atoms with Gasteiger partial charge in [-0.1, -0.05) is 11.9 Å². The van der Waals surface area contributed by atoms with Crippen molar-refractivity contribution in [3.05, 3.63) is 30.1 Å². The molecule has 1 fully saturated rings. The van der Waals surface area contributed by atoms with Crippen LogP contribution in [0, 0.1) is 12.2 Å². The van der Waals surface area contributed by atoms with Gasteiger partial charge in [0.2, 0.25) is 0 Å². The molecule has 1 saturated heterocycles. The van der Waals surface area contributed by atoms with E-state index in [1.165, 1.54) is 0 Å². The molecule has 0 amide bonds. The SMILES string of the molecule is C#CB1OC(C)(C)C(C)(Cc2ccccn2)O1. The van der Waals surface area contributed by atoms with Crippen LogP contribution >= 0.6 is 0 Å². The van der Waals surface area contributed by atoms with E-state index in [4.69, 9.17) is 15.7 Å². The summed E-state index contributed by atoms with van der Waals surface area (Å²) >= 11 is 0. The van der Waals surface area contributed by atoms with E-state index in [9.17, 15) is 0 Å². The van der Waals surface area contributed by atoms with Crippen molar-refractivity contribution < 1.29 is 9.31 Å². The van der Waals surface area contributed by atoms with Crippen molar-refractivity contribution in [1.29, 1.82) is 0 Å². The first kappa shape index (κ1) is 12.2. The Bertz CT molecular complexity index is 440. The van der Waals surface area contributed by atoms with Gasteiger partial charge in [-0.15, -0.1) is 6.42 Å². The maximum atomic E-state index is 5.82. The molecule has 0 N–H and O–H groups in total. The third-order valence-electron chi connectivity index (χ3n) is 3.42. The quantitative estimate of drug-likeness (QED) is 0.573. The summed E-state index contributed by atoms with van der Waals surface area (Å²) in [4.78, 5) is 4.32. The molecule has 0 aliphatic carbocycles. The highest BCUT2D eigenvalue weighted by Gasteiger charge is 2.53. The number of pyridine rings is 1. The predicted molar refractivity (Wildman–Crippen MR) is 67.2 cm³/mol. The summed E-state index contributed by atoms with van der Waals surface area (Å²) in [5.74, 6) is 2.50. The lowest BCUT2D eigenvalue weighted by molar-refractivity contribution is -0.00944. The average molecular weight is 229 g/mol. The van der Waals surface area contributed by atoms with E-state index in [0.717, 1.165) is 5.69 Å². The third kappa shape index (κ3) is 2.22. The van der Waals surface area contributed by atoms with Gasteiger partial charge in [0, 0.05) is 18.3 Å². The number of nitrogens with zero attached hydrogens (tertiary/aromatic N) is 1. The molecule has 1 aliphatic rings. The van der Waals surface area contributed by atoms with Gasteiger partial charge in [-0.2, -0.15) is 0 Å². The second-order valence-electron chi connectivity index (χ2n) is 4.97. The average Bonchev–Trinajstić information content (AvgIpc) is 2.50. The minimum Gasteiger partial charge on any atom is -0.392 e. The van der Waals surface area contributed by atoms with E-state index < -0.39 is 18.3 Å². The molecule has 0 spiro atoms. The smallest absolute Gasteiger partial charge is 0.392 e. The summed E-state index contributed by atoms with van der Waals surface area (Å²) in [5.41, 5.74) is 0.0873. The Morgan fingerprint density at radius 3 is 2.65 bits per heavy atom. The van der Waals surface area contributed by atoms with Crippen molar-refractivity contribution in [3.8, 4) is 12.2 Å². The van der Waals surface area contributed by atoms with Crippen LogP contribution in [-0.2, 0) is 15.7 Å².